The van der Waals surface area contributed by atoms with Crippen LogP contribution in [0.2, 0.25) is 0 Å². The first kappa shape index (κ1) is 21.2. The Hall–Kier alpha value is -2.10. The minimum absolute atomic E-state index is 0. The number of guanidine groups is 1. The van der Waals surface area contributed by atoms with Gasteiger partial charge in [-0.2, -0.15) is 0 Å². The fraction of sp³-hybridized carbons (Fsp3) is 0.421. The predicted molar refractivity (Wildman–Crippen MR) is 118 cm³/mol. The monoisotopic (exact) mass is 482 g/mol. The van der Waals surface area contributed by atoms with E-state index in [0.717, 1.165) is 23.4 Å². The molecule has 0 spiro atoms. The molecule has 0 bridgehead atoms. The van der Waals surface area contributed by atoms with Gasteiger partial charge < -0.3 is 19.9 Å². The Morgan fingerprint density at radius 1 is 1.44 bits per heavy atom. The Morgan fingerprint density at radius 2 is 2.22 bits per heavy atom. The normalized spacial score (nSPS) is 16.7. The second-order valence-corrected chi connectivity index (χ2v) is 6.45. The van der Waals surface area contributed by atoms with Gasteiger partial charge in [0, 0.05) is 31.1 Å². The van der Waals surface area contributed by atoms with Gasteiger partial charge in [0.25, 0.3) is 0 Å². The highest BCUT2D eigenvalue weighted by molar-refractivity contribution is 14.0. The molecule has 27 heavy (non-hydrogen) atoms. The summed E-state index contributed by atoms with van der Waals surface area (Å²) in [6.45, 7) is 9.59. The van der Waals surface area contributed by atoms with Gasteiger partial charge in [0.1, 0.15) is 18.1 Å². The molecular formula is C19H27IN6O. The number of rotatable bonds is 6. The number of fused-ring (bicyclic) bond motifs is 1. The molecule has 146 valence electrons. The van der Waals surface area contributed by atoms with Gasteiger partial charge in [-0.15, -0.1) is 40.8 Å². The van der Waals surface area contributed by atoms with Crippen LogP contribution < -0.4 is 15.4 Å². The number of benzene rings is 1. The molecule has 2 unspecified atom stereocenters. The van der Waals surface area contributed by atoms with Crippen molar-refractivity contribution in [1.82, 2.24) is 25.4 Å². The Morgan fingerprint density at radius 3 is 2.93 bits per heavy atom. The van der Waals surface area contributed by atoms with E-state index in [1.165, 1.54) is 5.56 Å². The van der Waals surface area contributed by atoms with Crippen molar-refractivity contribution in [2.75, 3.05) is 13.2 Å². The minimum atomic E-state index is 0. The van der Waals surface area contributed by atoms with Crippen LogP contribution in [0.4, 0.5) is 0 Å². The first-order valence-corrected chi connectivity index (χ1v) is 8.82. The highest BCUT2D eigenvalue weighted by atomic mass is 127. The first-order chi connectivity index (χ1) is 12.6. The van der Waals surface area contributed by atoms with Gasteiger partial charge in [-0.25, -0.2) is 4.99 Å². The molecule has 3 rings (SSSR count). The topological polar surface area (TPSA) is 76.4 Å². The number of aryl methyl sites for hydroxylation is 1. The number of nitrogens with one attached hydrogen (secondary N) is 2. The second kappa shape index (κ2) is 9.72. The fourth-order valence-electron chi connectivity index (χ4n) is 2.98. The largest absolute Gasteiger partial charge is 0.493 e. The summed E-state index contributed by atoms with van der Waals surface area (Å²) in [5.41, 5.74) is 1.24. The van der Waals surface area contributed by atoms with Crippen LogP contribution in [0, 0.1) is 6.92 Å². The highest BCUT2D eigenvalue weighted by Gasteiger charge is 2.29. The first-order valence-electron chi connectivity index (χ1n) is 8.82. The van der Waals surface area contributed by atoms with Crippen molar-refractivity contribution in [3.8, 4) is 5.75 Å². The number of hydrogen-bond acceptors (Lipinski definition) is 4. The van der Waals surface area contributed by atoms with Gasteiger partial charge in [-0.3, -0.25) is 0 Å². The summed E-state index contributed by atoms with van der Waals surface area (Å²) < 4.78 is 7.75. The van der Waals surface area contributed by atoms with Crippen LogP contribution in [-0.4, -0.2) is 39.9 Å². The maximum atomic E-state index is 5.80. The lowest BCUT2D eigenvalue weighted by molar-refractivity contribution is 0.312. The van der Waals surface area contributed by atoms with Crippen molar-refractivity contribution >= 4 is 29.9 Å². The molecule has 2 atom stereocenters. The third-order valence-corrected chi connectivity index (χ3v) is 4.68. The SMILES string of the molecule is C=CCNC(=NCc1nnc(C)n1C)NC(C)C1COc2ccccc21.I. The van der Waals surface area contributed by atoms with E-state index in [1.54, 1.807) is 0 Å². The van der Waals surface area contributed by atoms with Crippen molar-refractivity contribution in [3.63, 3.8) is 0 Å². The molecule has 1 aliphatic rings. The highest BCUT2D eigenvalue weighted by Crippen LogP contribution is 2.35. The molecule has 1 aromatic heterocycles. The van der Waals surface area contributed by atoms with Gasteiger partial charge in [0.05, 0.1) is 6.61 Å². The number of aromatic nitrogens is 3. The van der Waals surface area contributed by atoms with Crippen molar-refractivity contribution in [2.24, 2.45) is 12.0 Å². The van der Waals surface area contributed by atoms with Crippen LogP contribution >= 0.6 is 24.0 Å². The molecule has 0 fully saturated rings. The average molecular weight is 482 g/mol. The Labute approximate surface area is 177 Å². The van der Waals surface area contributed by atoms with Gasteiger partial charge in [0.15, 0.2) is 11.8 Å². The van der Waals surface area contributed by atoms with Crippen LogP contribution in [0.1, 0.15) is 30.1 Å². The molecule has 2 aromatic rings. The lowest BCUT2D eigenvalue weighted by atomic mass is 9.94. The second-order valence-electron chi connectivity index (χ2n) is 6.45. The number of hydrogen-bond donors (Lipinski definition) is 2. The van der Waals surface area contributed by atoms with Gasteiger partial charge in [-0.1, -0.05) is 24.3 Å². The van der Waals surface area contributed by atoms with Gasteiger partial charge in [-0.05, 0) is 19.9 Å². The number of nitrogens with zero attached hydrogens (tertiary/aromatic N) is 4. The zero-order chi connectivity index (χ0) is 18.5. The summed E-state index contributed by atoms with van der Waals surface area (Å²) in [5, 5.41) is 15.0. The maximum absolute atomic E-state index is 5.80. The van der Waals surface area contributed by atoms with E-state index in [1.807, 2.05) is 36.7 Å². The number of para-hydroxylation sites is 1. The van der Waals surface area contributed by atoms with Crippen LogP contribution in [0.3, 0.4) is 0 Å². The molecule has 8 heteroatoms. The van der Waals surface area contributed by atoms with Crippen molar-refractivity contribution in [1.29, 1.82) is 0 Å². The zero-order valence-electron chi connectivity index (χ0n) is 16.0. The Kier molecular flexibility index (Phi) is 7.64. The summed E-state index contributed by atoms with van der Waals surface area (Å²) in [6, 6.07) is 8.36. The molecular weight excluding hydrogens is 455 g/mol. The van der Waals surface area contributed by atoms with E-state index < -0.39 is 0 Å². The predicted octanol–water partition coefficient (Wildman–Crippen LogP) is 2.53. The average Bonchev–Trinajstić information content (AvgIpc) is 3.22. The van der Waals surface area contributed by atoms with Gasteiger partial charge >= 0.3 is 0 Å². The summed E-state index contributed by atoms with van der Waals surface area (Å²) in [6.07, 6.45) is 1.81. The smallest absolute Gasteiger partial charge is 0.192 e. The van der Waals surface area contributed by atoms with Crippen molar-refractivity contribution < 1.29 is 4.74 Å². The van der Waals surface area contributed by atoms with E-state index >= 15 is 0 Å². The molecule has 7 nitrogen and oxygen atoms in total. The summed E-state index contributed by atoms with van der Waals surface area (Å²) in [7, 11) is 1.94. The number of aliphatic imine (C=N–C) groups is 1. The molecule has 0 aliphatic carbocycles. The van der Waals surface area contributed by atoms with E-state index in [-0.39, 0.29) is 35.9 Å². The molecule has 1 aliphatic heterocycles. The summed E-state index contributed by atoms with van der Waals surface area (Å²) in [5.74, 6) is 3.67. The third kappa shape index (κ3) is 5.00. The molecule has 0 saturated heterocycles. The molecule has 1 aromatic carbocycles. The van der Waals surface area contributed by atoms with Crippen LogP contribution in [0.15, 0.2) is 41.9 Å². The zero-order valence-corrected chi connectivity index (χ0v) is 18.3. The Balaban J connectivity index is 0.00000261. The third-order valence-electron chi connectivity index (χ3n) is 4.68. The fourth-order valence-corrected chi connectivity index (χ4v) is 2.98. The van der Waals surface area contributed by atoms with E-state index in [0.29, 0.717) is 19.7 Å². The molecule has 0 amide bonds. The van der Waals surface area contributed by atoms with E-state index in [4.69, 9.17) is 4.74 Å². The lowest BCUT2D eigenvalue weighted by Crippen LogP contribution is -2.45. The van der Waals surface area contributed by atoms with Crippen LogP contribution in [0.5, 0.6) is 5.75 Å². The molecule has 0 saturated carbocycles. The minimum Gasteiger partial charge on any atom is -0.493 e. The van der Waals surface area contributed by atoms with E-state index in [9.17, 15) is 0 Å². The van der Waals surface area contributed by atoms with Crippen LogP contribution in [0.25, 0.3) is 0 Å². The summed E-state index contributed by atoms with van der Waals surface area (Å²) in [4.78, 5) is 4.66. The quantitative estimate of drug-likeness (QED) is 0.287. The van der Waals surface area contributed by atoms with Crippen LogP contribution in [-0.2, 0) is 13.6 Å². The van der Waals surface area contributed by atoms with Gasteiger partial charge in [0.2, 0.25) is 0 Å². The van der Waals surface area contributed by atoms with Crippen molar-refractivity contribution in [2.45, 2.75) is 32.4 Å². The summed E-state index contributed by atoms with van der Waals surface area (Å²) >= 11 is 0. The lowest BCUT2D eigenvalue weighted by Gasteiger charge is -2.22. The maximum Gasteiger partial charge on any atom is 0.192 e. The molecule has 2 N–H and O–H groups in total. The molecule has 0 radical (unpaired) electrons. The molecule has 2 heterocycles. The van der Waals surface area contributed by atoms with Crippen molar-refractivity contribution in [3.05, 3.63) is 54.1 Å². The Bertz CT molecular complexity index is 803. The number of halogens is 1. The standard InChI is InChI=1S/C19H26N6O.HI/c1-5-10-20-19(21-11-18-24-23-14(3)25(18)4)22-13(2)16-12-26-17-9-7-6-8-15(16)17;/h5-9,13,16H,1,10-12H2,2-4H3,(H2,20,21,22);1H. The van der Waals surface area contributed by atoms with E-state index in [2.05, 4.69) is 51.5 Å². The number of ether oxygens (including phenoxy) is 1.